The Balaban J connectivity index is 1.91. The van der Waals surface area contributed by atoms with Crippen LogP contribution in [0.1, 0.15) is 52.7 Å². The van der Waals surface area contributed by atoms with Crippen LogP contribution in [0.3, 0.4) is 0 Å². The third-order valence-corrected chi connectivity index (χ3v) is 5.20. The summed E-state index contributed by atoms with van der Waals surface area (Å²) >= 11 is 0. The molecule has 0 saturated carbocycles. The molecule has 0 aliphatic heterocycles. The van der Waals surface area contributed by atoms with Crippen LogP contribution in [0.15, 0.2) is 48.5 Å². The first-order valence-corrected chi connectivity index (χ1v) is 10.00. The van der Waals surface area contributed by atoms with Gasteiger partial charge in [0.1, 0.15) is 0 Å². The molecule has 0 amide bonds. The molecule has 0 bridgehead atoms. The molecule has 0 fully saturated rings. The summed E-state index contributed by atoms with van der Waals surface area (Å²) in [5.41, 5.74) is 5.45. The second-order valence-corrected chi connectivity index (χ2v) is 9.22. The van der Waals surface area contributed by atoms with Crippen LogP contribution in [0, 0.1) is 5.41 Å². The number of fused-ring (bicyclic) bond motifs is 1. The summed E-state index contributed by atoms with van der Waals surface area (Å²) in [4.78, 5) is 15.7. The van der Waals surface area contributed by atoms with Crippen molar-refractivity contribution in [2.75, 3.05) is 6.61 Å². The lowest BCUT2D eigenvalue weighted by Crippen LogP contribution is -2.28. The fraction of sp³-hybridized carbons (Fsp3) is 0.400. The molecule has 1 heterocycles. The van der Waals surface area contributed by atoms with Crippen molar-refractivity contribution in [2.45, 2.75) is 53.4 Å². The van der Waals surface area contributed by atoms with Gasteiger partial charge in [0, 0.05) is 16.6 Å². The molecule has 3 heteroatoms. The highest BCUT2D eigenvalue weighted by Gasteiger charge is 2.29. The largest absolute Gasteiger partial charge is 0.466 e. The highest BCUT2D eigenvalue weighted by atomic mass is 16.5. The molecule has 3 nitrogen and oxygen atoms in total. The average Bonchev–Trinajstić information content (AvgIpc) is 3.04. The lowest BCUT2D eigenvalue weighted by Gasteiger charge is -2.22. The number of esters is 1. The Hall–Kier alpha value is -2.55. The molecule has 0 aliphatic carbocycles. The Morgan fingerprint density at radius 3 is 2.43 bits per heavy atom. The second kappa shape index (κ2) is 7.46. The maximum absolute atomic E-state index is 12.2. The van der Waals surface area contributed by atoms with E-state index >= 15 is 0 Å². The molecule has 28 heavy (non-hydrogen) atoms. The van der Waals surface area contributed by atoms with Crippen LogP contribution in [-0.4, -0.2) is 17.6 Å². The quantitative estimate of drug-likeness (QED) is 0.533. The lowest BCUT2D eigenvalue weighted by atomic mass is 9.85. The number of hydrogen-bond donors (Lipinski definition) is 1. The monoisotopic (exact) mass is 377 g/mol. The Morgan fingerprint density at radius 1 is 1.00 bits per heavy atom. The van der Waals surface area contributed by atoms with Gasteiger partial charge in [-0.25, -0.2) is 0 Å². The first-order chi connectivity index (χ1) is 13.1. The number of rotatable bonds is 5. The summed E-state index contributed by atoms with van der Waals surface area (Å²) in [7, 11) is 0. The van der Waals surface area contributed by atoms with Crippen molar-refractivity contribution in [1.82, 2.24) is 4.98 Å². The summed E-state index contributed by atoms with van der Waals surface area (Å²) in [6, 6.07) is 17.3. The first kappa shape index (κ1) is 20.2. The number of carbonyl (C=O) groups is 1. The minimum absolute atomic E-state index is 0.119. The van der Waals surface area contributed by atoms with Gasteiger partial charge in [-0.2, -0.15) is 0 Å². The van der Waals surface area contributed by atoms with Crippen molar-refractivity contribution < 1.29 is 9.53 Å². The molecule has 3 rings (SSSR count). The van der Waals surface area contributed by atoms with E-state index in [-0.39, 0.29) is 11.4 Å². The minimum Gasteiger partial charge on any atom is -0.466 e. The van der Waals surface area contributed by atoms with E-state index in [0.29, 0.717) is 13.0 Å². The predicted molar refractivity (Wildman–Crippen MR) is 117 cm³/mol. The molecule has 0 aliphatic rings. The zero-order valence-corrected chi connectivity index (χ0v) is 17.8. The zero-order valence-electron chi connectivity index (χ0n) is 17.8. The first-order valence-electron chi connectivity index (χ1n) is 10.00. The molecule has 0 atom stereocenters. The molecule has 0 unspecified atom stereocenters. The van der Waals surface area contributed by atoms with Gasteiger partial charge in [0.2, 0.25) is 0 Å². The van der Waals surface area contributed by atoms with Gasteiger partial charge in [0.25, 0.3) is 0 Å². The third-order valence-electron chi connectivity index (χ3n) is 5.20. The summed E-state index contributed by atoms with van der Waals surface area (Å²) in [6.07, 6.45) is 0.655. The van der Waals surface area contributed by atoms with Crippen molar-refractivity contribution in [3.63, 3.8) is 0 Å². The molecule has 1 aromatic heterocycles. The average molecular weight is 378 g/mol. The molecule has 3 aromatic rings. The fourth-order valence-electron chi connectivity index (χ4n) is 3.51. The van der Waals surface area contributed by atoms with Gasteiger partial charge in [-0.05, 0) is 73.6 Å². The van der Waals surface area contributed by atoms with E-state index in [1.165, 1.54) is 11.1 Å². The molecule has 2 aromatic carbocycles. The van der Waals surface area contributed by atoms with Crippen molar-refractivity contribution in [3.8, 4) is 11.3 Å². The number of ether oxygens (including phenoxy) is 1. The number of nitrogens with one attached hydrogen (secondary N) is 1. The maximum atomic E-state index is 12.2. The van der Waals surface area contributed by atoms with Crippen LogP contribution in [0.4, 0.5) is 0 Å². The number of carbonyl (C=O) groups excluding carboxylic acids is 1. The molecule has 1 N–H and O–H groups in total. The molecule has 148 valence electrons. The Bertz CT molecular complexity index is 989. The van der Waals surface area contributed by atoms with E-state index in [1.54, 1.807) is 0 Å². The number of H-pyrrole nitrogens is 1. The third kappa shape index (κ3) is 4.30. The van der Waals surface area contributed by atoms with Crippen molar-refractivity contribution in [1.29, 1.82) is 0 Å². The topological polar surface area (TPSA) is 42.1 Å². The van der Waals surface area contributed by atoms with Gasteiger partial charge in [-0.1, -0.05) is 45.0 Å². The van der Waals surface area contributed by atoms with E-state index in [4.69, 9.17) is 4.74 Å². The number of aromatic nitrogens is 1. The second-order valence-electron chi connectivity index (χ2n) is 9.22. The van der Waals surface area contributed by atoms with E-state index in [0.717, 1.165) is 22.2 Å². The Labute approximate surface area is 168 Å². The summed E-state index contributed by atoms with van der Waals surface area (Å²) in [6.45, 7) is 12.8. The standard InChI is InChI=1S/C25H31NO2/c1-7-28-23(27)25(5,6)16-17-11-12-21-19(13-17)15-22(26-21)18-9-8-10-20(14-18)24(2,3)4/h8-15,26H,7,16H2,1-6H3. The number of aromatic amines is 1. The van der Waals surface area contributed by atoms with Crippen LogP contribution in [-0.2, 0) is 21.4 Å². The summed E-state index contributed by atoms with van der Waals surface area (Å²) < 4.78 is 5.22. The highest BCUT2D eigenvalue weighted by molar-refractivity contribution is 5.86. The Morgan fingerprint density at radius 2 is 1.75 bits per heavy atom. The van der Waals surface area contributed by atoms with Crippen LogP contribution < -0.4 is 0 Å². The van der Waals surface area contributed by atoms with Gasteiger partial charge in [-0.15, -0.1) is 0 Å². The van der Waals surface area contributed by atoms with E-state index in [9.17, 15) is 4.79 Å². The van der Waals surface area contributed by atoms with Crippen LogP contribution in [0.25, 0.3) is 22.2 Å². The maximum Gasteiger partial charge on any atom is 0.311 e. The van der Waals surface area contributed by atoms with Gasteiger partial charge < -0.3 is 9.72 Å². The normalized spacial score (nSPS) is 12.4. The SMILES string of the molecule is CCOC(=O)C(C)(C)Cc1ccc2[nH]c(-c3cccc(C(C)(C)C)c3)cc2c1. The van der Waals surface area contributed by atoms with Gasteiger partial charge >= 0.3 is 5.97 Å². The lowest BCUT2D eigenvalue weighted by molar-refractivity contribution is -0.153. The smallest absolute Gasteiger partial charge is 0.311 e. The zero-order chi connectivity index (χ0) is 20.5. The van der Waals surface area contributed by atoms with Gasteiger partial charge in [-0.3, -0.25) is 4.79 Å². The molecule has 0 saturated heterocycles. The molecule has 0 radical (unpaired) electrons. The fourth-order valence-corrected chi connectivity index (χ4v) is 3.51. The summed E-state index contributed by atoms with van der Waals surface area (Å²) in [5, 5.41) is 1.16. The van der Waals surface area contributed by atoms with Crippen LogP contribution >= 0.6 is 0 Å². The van der Waals surface area contributed by atoms with Gasteiger partial charge in [0.15, 0.2) is 0 Å². The van der Waals surface area contributed by atoms with Crippen molar-refractivity contribution >= 4 is 16.9 Å². The predicted octanol–water partition coefficient (Wildman–Crippen LogP) is 6.26. The Kier molecular flexibility index (Phi) is 5.38. The van der Waals surface area contributed by atoms with Crippen LogP contribution in [0.2, 0.25) is 0 Å². The van der Waals surface area contributed by atoms with E-state index in [2.05, 4.69) is 74.3 Å². The molecular formula is C25H31NO2. The number of benzene rings is 2. The van der Waals surface area contributed by atoms with Crippen LogP contribution in [0.5, 0.6) is 0 Å². The van der Waals surface area contributed by atoms with Gasteiger partial charge in [0.05, 0.1) is 12.0 Å². The van der Waals surface area contributed by atoms with E-state index in [1.807, 2.05) is 20.8 Å². The molecule has 0 spiro atoms. The highest BCUT2D eigenvalue weighted by Crippen LogP contribution is 2.31. The van der Waals surface area contributed by atoms with E-state index < -0.39 is 5.41 Å². The van der Waals surface area contributed by atoms with Crippen molar-refractivity contribution in [2.24, 2.45) is 5.41 Å². The molecular weight excluding hydrogens is 346 g/mol. The summed E-state index contributed by atoms with van der Waals surface area (Å²) in [5.74, 6) is -0.149. The van der Waals surface area contributed by atoms with Crippen molar-refractivity contribution in [3.05, 3.63) is 59.7 Å². The number of hydrogen-bond acceptors (Lipinski definition) is 2. The minimum atomic E-state index is -0.538.